The number of nitrogens with one attached hydrogen (secondary N) is 1. The Labute approximate surface area is 85.1 Å². The van der Waals surface area contributed by atoms with E-state index in [1.54, 1.807) is 0 Å². The largest absolute Gasteiger partial charge is 0.361 e. The van der Waals surface area contributed by atoms with Gasteiger partial charge in [0.15, 0.2) is 0 Å². The monoisotopic (exact) mass is 186 g/mol. The van der Waals surface area contributed by atoms with Crippen LogP contribution in [0.15, 0.2) is 30.5 Å². The van der Waals surface area contributed by atoms with Crippen molar-refractivity contribution in [1.82, 2.24) is 4.98 Å². The summed E-state index contributed by atoms with van der Waals surface area (Å²) in [5, 5.41) is 1.37. The fraction of sp³-hybridized carbons (Fsp3) is 0.308. The lowest BCUT2D eigenvalue weighted by atomic mass is 10.1. The average molecular weight is 186 g/mol. The third-order valence-electron chi connectivity index (χ3n) is 2.62. The number of unbranched alkanes of at least 4 members (excludes halogenated alkanes) is 2. The summed E-state index contributed by atoms with van der Waals surface area (Å²) >= 11 is 0. The van der Waals surface area contributed by atoms with Crippen molar-refractivity contribution in [3.8, 4) is 0 Å². The topological polar surface area (TPSA) is 15.8 Å². The Morgan fingerprint density at radius 1 is 1.14 bits per heavy atom. The predicted octanol–water partition coefficient (Wildman–Crippen LogP) is 3.71. The molecule has 1 heteroatoms. The number of aromatic amines is 1. The van der Waals surface area contributed by atoms with Gasteiger partial charge in [0.2, 0.25) is 0 Å². The highest BCUT2D eigenvalue weighted by Crippen LogP contribution is 2.19. The summed E-state index contributed by atoms with van der Waals surface area (Å²) in [6.45, 7) is 3.86. The molecule has 1 heterocycles. The highest BCUT2D eigenvalue weighted by molar-refractivity contribution is 5.82. The number of aromatic nitrogens is 1. The molecule has 0 saturated carbocycles. The Morgan fingerprint density at radius 3 is 2.86 bits per heavy atom. The second-order valence-electron chi connectivity index (χ2n) is 3.67. The van der Waals surface area contributed by atoms with E-state index in [0.717, 1.165) is 6.42 Å². The van der Waals surface area contributed by atoms with Gasteiger partial charge in [-0.05, 0) is 24.5 Å². The maximum Gasteiger partial charge on any atom is 0.0456 e. The minimum absolute atomic E-state index is 1.04. The van der Waals surface area contributed by atoms with E-state index in [4.69, 9.17) is 0 Å². The van der Waals surface area contributed by atoms with E-state index in [9.17, 15) is 0 Å². The molecule has 14 heavy (non-hydrogen) atoms. The molecule has 0 aliphatic rings. The van der Waals surface area contributed by atoms with Crippen LogP contribution in [0.3, 0.4) is 0 Å². The van der Waals surface area contributed by atoms with Gasteiger partial charge in [0, 0.05) is 17.1 Å². The number of aryl methyl sites for hydroxylation is 1. The van der Waals surface area contributed by atoms with Gasteiger partial charge in [-0.25, -0.2) is 0 Å². The first-order chi connectivity index (χ1) is 6.92. The minimum Gasteiger partial charge on any atom is -0.361 e. The van der Waals surface area contributed by atoms with E-state index in [-0.39, 0.29) is 0 Å². The molecule has 2 aromatic rings. The summed E-state index contributed by atoms with van der Waals surface area (Å²) in [4.78, 5) is 3.30. The first kappa shape index (κ1) is 9.32. The first-order valence-corrected chi connectivity index (χ1v) is 5.26. The van der Waals surface area contributed by atoms with Crippen LogP contribution in [0.1, 0.15) is 24.8 Å². The van der Waals surface area contributed by atoms with Crippen LogP contribution in [-0.2, 0) is 6.42 Å². The van der Waals surface area contributed by atoms with Gasteiger partial charge in [-0.1, -0.05) is 38.0 Å². The highest BCUT2D eigenvalue weighted by atomic mass is 14.7. The quantitative estimate of drug-likeness (QED) is 0.700. The van der Waals surface area contributed by atoms with E-state index in [2.05, 4.69) is 42.4 Å². The van der Waals surface area contributed by atoms with Crippen molar-refractivity contribution < 1.29 is 0 Å². The number of rotatable bonds is 4. The number of para-hydroxylation sites is 1. The molecule has 1 aromatic heterocycles. The Morgan fingerprint density at radius 2 is 2.00 bits per heavy atom. The number of benzene rings is 1. The summed E-state index contributed by atoms with van der Waals surface area (Å²) in [6, 6.07) is 8.48. The summed E-state index contributed by atoms with van der Waals surface area (Å²) < 4.78 is 0. The van der Waals surface area contributed by atoms with Gasteiger partial charge >= 0.3 is 0 Å². The number of hydrogen-bond acceptors (Lipinski definition) is 0. The maximum absolute atomic E-state index is 3.86. The third-order valence-corrected chi connectivity index (χ3v) is 2.62. The molecule has 0 saturated heterocycles. The number of H-pyrrole nitrogens is 1. The van der Waals surface area contributed by atoms with Crippen molar-refractivity contribution in [2.24, 2.45) is 0 Å². The molecular formula is C13H16N. The SMILES string of the molecule is [CH2]CCCCc1c[nH]c2ccccc12. The standard InChI is InChI=1S/C13H16N/c1-2-3-4-7-11-10-14-13-9-6-5-8-12(11)13/h5-6,8-10,14H,1-4,7H2. The van der Waals surface area contributed by atoms with Crippen LogP contribution in [0.25, 0.3) is 10.9 Å². The van der Waals surface area contributed by atoms with Gasteiger partial charge in [0.1, 0.15) is 0 Å². The molecule has 0 atom stereocenters. The molecule has 1 radical (unpaired) electrons. The summed E-state index contributed by atoms with van der Waals surface area (Å²) in [5.74, 6) is 0. The normalized spacial score (nSPS) is 10.9. The molecule has 0 fully saturated rings. The van der Waals surface area contributed by atoms with Crippen LogP contribution in [0.5, 0.6) is 0 Å². The lowest BCUT2D eigenvalue weighted by molar-refractivity contribution is 0.749. The fourth-order valence-electron chi connectivity index (χ4n) is 1.83. The smallest absolute Gasteiger partial charge is 0.0456 e. The fourth-order valence-corrected chi connectivity index (χ4v) is 1.83. The van der Waals surface area contributed by atoms with Crippen molar-refractivity contribution in [3.63, 3.8) is 0 Å². The highest BCUT2D eigenvalue weighted by Gasteiger charge is 2.01. The van der Waals surface area contributed by atoms with E-state index >= 15 is 0 Å². The maximum atomic E-state index is 3.86. The molecule has 0 unspecified atom stereocenters. The van der Waals surface area contributed by atoms with Gasteiger partial charge in [0.05, 0.1) is 0 Å². The average Bonchev–Trinajstić information content (AvgIpc) is 2.63. The zero-order valence-corrected chi connectivity index (χ0v) is 8.42. The minimum atomic E-state index is 1.04. The molecule has 1 nitrogen and oxygen atoms in total. The van der Waals surface area contributed by atoms with Gasteiger partial charge in [-0.2, -0.15) is 0 Å². The lowest BCUT2D eigenvalue weighted by Gasteiger charge is -1.97. The predicted molar refractivity (Wildman–Crippen MR) is 61.2 cm³/mol. The Bertz CT molecular complexity index is 400. The van der Waals surface area contributed by atoms with Gasteiger partial charge in [-0.15, -0.1) is 0 Å². The molecule has 0 aliphatic carbocycles. The molecular weight excluding hydrogens is 170 g/mol. The molecule has 0 amide bonds. The number of fused-ring (bicyclic) bond motifs is 1. The van der Waals surface area contributed by atoms with Gasteiger partial charge in [0.25, 0.3) is 0 Å². The Kier molecular flexibility index (Phi) is 2.87. The zero-order valence-electron chi connectivity index (χ0n) is 8.42. The first-order valence-electron chi connectivity index (χ1n) is 5.26. The summed E-state index contributed by atoms with van der Waals surface area (Å²) in [6.07, 6.45) is 6.81. The van der Waals surface area contributed by atoms with E-state index in [1.807, 2.05) is 0 Å². The van der Waals surface area contributed by atoms with E-state index in [1.165, 1.54) is 35.7 Å². The van der Waals surface area contributed by atoms with Gasteiger partial charge in [-0.3, -0.25) is 0 Å². The van der Waals surface area contributed by atoms with E-state index in [0.29, 0.717) is 0 Å². The molecule has 73 valence electrons. The van der Waals surface area contributed by atoms with Crippen molar-refractivity contribution in [2.75, 3.05) is 0 Å². The van der Waals surface area contributed by atoms with Crippen LogP contribution in [-0.4, -0.2) is 4.98 Å². The van der Waals surface area contributed by atoms with Crippen LogP contribution in [0.4, 0.5) is 0 Å². The van der Waals surface area contributed by atoms with Crippen molar-refractivity contribution in [1.29, 1.82) is 0 Å². The third kappa shape index (κ3) is 1.82. The summed E-state index contributed by atoms with van der Waals surface area (Å²) in [5.41, 5.74) is 2.69. The van der Waals surface area contributed by atoms with Crippen LogP contribution >= 0.6 is 0 Å². The molecule has 0 aliphatic heterocycles. The summed E-state index contributed by atoms with van der Waals surface area (Å²) in [7, 11) is 0. The lowest BCUT2D eigenvalue weighted by Crippen LogP contribution is -1.82. The van der Waals surface area contributed by atoms with Gasteiger partial charge < -0.3 is 4.98 Å². The molecule has 0 spiro atoms. The zero-order chi connectivity index (χ0) is 9.80. The second kappa shape index (κ2) is 4.32. The van der Waals surface area contributed by atoms with Crippen molar-refractivity contribution in [2.45, 2.75) is 25.7 Å². The Balaban J connectivity index is 2.17. The Hall–Kier alpha value is -1.24. The van der Waals surface area contributed by atoms with Crippen LogP contribution < -0.4 is 0 Å². The molecule has 1 N–H and O–H groups in total. The van der Waals surface area contributed by atoms with Crippen molar-refractivity contribution in [3.05, 3.63) is 42.9 Å². The molecule has 1 aromatic carbocycles. The van der Waals surface area contributed by atoms with Crippen molar-refractivity contribution >= 4 is 10.9 Å². The molecule has 0 bridgehead atoms. The molecule has 2 rings (SSSR count). The second-order valence-corrected chi connectivity index (χ2v) is 3.67. The van der Waals surface area contributed by atoms with Crippen LogP contribution in [0.2, 0.25) is 0 Å². The van der Waals surface area contributed by atoms with E-state index < -0.39 is 0 Å². The number of hydrogen-bond donors (Lipinski definition) is 1. The van der Waals surface area contributed by atoms with Crippen LogP contribution in [0, 0.1) is 6.92 Å².